The van der Waals surface area contributed by atoms with Crippen LogP contribution in [-0.4, -0.2) is 26.8 Å². The summed E-state index contributed by atoms with van der Waals surface area (Å²) in [6.45, 7) is 5.56. The zero-order chi connectivity index (χ0) is 19.5. The van der Waals surface area contributed by atoms with Crippen molar-refractivity contribution in [3.05, 3.63) is 18.6 Å². The first-order chi connectivity index (χ1) is 13.2. The number of alkyl halides is 1. The summed E-state index contributed by atoms with van der Waals surface area (Å²) in [5, 5.41) is 13.2. The van der Waals surface area contributed by atoms with E-state index in [2.05, 4.69) is 43.3 Å². The molecule has 0 aliphatic rings. The molecule has 0 saturated carbocycles. The zero-order valence-corrected chi connectivity index (χ0v) is 17.1. The van der Waals surface area contributed by atoms with Crippen molar-refractivity contribution >= 4 is 29.1 Å². The van der Waals surface area contributed by atoms with Crippen molar-refractivity contribution in [2.75, 3.05) is 18.2 Å². The van der Waals surface area contributed by atoms with E-state index in [1.807, 2.05) is 6.20 Å². The van der Waals surface area contributed by atoms with Gasteiger partial charge in [0.25, 0.3) is 0 Å². The van der Waals surface area contributed by atoms with Crippen molar-refractivity contribution in [1.82, 2.24) is 14.3 Å². The maximum atomic E-state index is 6.15. The van der Waals surface area contributed by atoms with Gasteiger partial charge in [-0.2, -0.15) is 5.10 Å². The maximum Gasteiger partial charge on any atom is 0.421 e. The van der Waals surface area contributed by atoms with Crippen LogP contribution in [0.4, 0.5) is 17.5 Å². The third kappa shape index (κ3) is 6.32. The molecule has 150 valence electrons. The molecule has 0 aliphatic carbocycles. The molecule has 0 atom stereocenters. The normalized spacial score (nSPS) is 11.7. The Morgan fingerprint density at radius 2 is 2.04 bits per heavy atom. The fraction of sp³-hybridized carbons (Fsp3) is 0.667. The van der Waals surface area contributed by atoms with Gasteiger partial charge >= 0.3 is 5.95 Å². The molecule has 0 radical (unpaired) electrons. The maximum absolute atomic E-state index is 6.15. The molecule has 27 heavy (non-hydrogen) atoms. The number of rotatable bonds is 13. The van der Waals surface area contributed by atoms with E-state index in [0.717, 1.165) is 51.4 Å². The Balaban J connectivity index is 2.15. The zero-order valence-electron chi connectivity index (χ0n) is 16.4. The Labute approximate surface area is 166 Å². The number of nitrogen functional groups attached to an aromatic ring is 1. The molecule has 0 unspecified atom stereocenters. The van der Waals surface area contributed by atoms with Crippen molar-refractivity contribution in [3.63, 3.8) is 0 Å². The van der Waals surface area contributed by atoms with E-state index >= 15 is 0 Å². The van der Waals surface area contributed by atoms with E-state index in [0.29, 0.717) is 17.4 Å². The smallest absolute Gasteiger partial charge is 0.382 e. The van der Waals surface area contributed by atoms with Gasteiger partial charge in [0.1, 0.15) is 0 Å². The van der Waals surface area contributed by atoms with Gasteiger partial charge < -0.3 is 11.5 Å². The van der Waals surface area contributed by atoms with E-state index in [1.165, 1.54) is 19.3 Å². The molecule has 2 aromatic heterocycles. The number of halogens is 1. The van der Waals surface area contributed by atoms with E-state index in [-0.39, 0.29) is 0 Å². The molecule has 0 amide bonds. The molecule has 2 heterocycles. The lowest BCUT2D eigenvalue weighted by Gasteiger charge is -2.01. The van der Waals surface area contributed by atoms with Crippen LogP contribution in [0, 0.1) is 0 Å². The molecule has 5 N–H and O–H groups in total. The number of aryl methyl sites for hydroxylation is 3. The second-order valence-corrected chi connectivity index (χ2v) is 7.01. The van der Waals surface area contributed by atoms with Gasteiger partial charge in [-0.1, -0.05) is 31.3 Å². The summed E-state index contributed by atoms with van der Waals surface area (Å²) >= 11 is 5.86. The van der Waals surface area contributed by atoms with Crippen LogP contribution >= 0.6 is 11.6 Å². The topological polar surface area (TPSA) is 105 Å². The summed E-state index contributed by atoms with van der Waals surface area (Å²) in [5.41, 5.74) is 10.6. The van der Waals surface area contributed by atoms with Crippen LogP contribution < -0.4 is 16.0 Å². The molecule has 0 spiro atoms. The summed E-state index contributed by atoms with van der Waals surface area (Å²) in [6.07, 6.45) is 12.4. The van der Waals surface area contributed by atoms with Crippen LogP contribution in [0.15, 0.2) is 28.8 Å². The van der Waals surface area contributed by atoms with Gasteiger partial charge in [0, 0.05) is 24.0 Å². The fourth-order valence-corrected chi connectivity index (χ4v) is 2.98. The van der Waals surface area contributed by atoms with E-state index in [1.54, 1.807) is 10.9 Å². The summed E-state index contributed by atoms with van der Waals surface area (Å²) in [5.74, 6) is 1.99. The highest BCUT2D eigenvalue weighted by molar-refractivity contribution is 6.17. The number of nitrogens with two attached hydrogens (primary N) is 1. The number of imidazole rings is 1. The first-order valence-corrected chi connectivity index (χ1v) is 10.4. The summed E-state index contributed by atoms with van der Waals surface area (Å²) in [6, 6.07) is 0. The summed E-state index contributed by atoms with van der Waals surface area (Å²) in [7, 11) is 0. The van der Waals surface area contributed by atoms with Gasteiger partial charge in [0.05, 0.1) is 38.2 Å². The van der Waals surface area contributed by atoms with Gasteiger partial charge in [0.2, 0.25) is 0 Å². The molecule has 0 fully saturated rings. The highest BCUT2D eigenvalue weighted by Gasteiger charge is 2.17. The van der Waals surface area contributed by atoms with Gasteiger partial charge in [-0.3, -0.25) is 0 Å². The minimum atomic E-state index is 0.542. The molecule has 8 nitrogen and oxygen atoms in total. The van der Waals surface area contributed by atoms with Crippen molar-refractivity contribution < 1.29 is 10.3 Å². The molecule has 0 aromatic carbocycles. The summed E-state index contributed by atoms with van der Waals surface area (Å²) in [4.78, 5) is 0. The standard InChI is InChI=1S/C18H31ClN8/c1-2-3-4-5-10-25-13-14-26(11-6-8-19)18(25)24-23-16-15-22-27(17(16)21)12-7-9-20/h13-15,21H,2-12,20H2,1H3/p+2. The van der Waals surface area contributed by atoms with E-state index in [9.17, 15) is 0 Å². The number of hydrogen-bond donors (Lipinski definition) is 2. The van der Waals surface area contributed by atoms with Crippen LogP contribution in [0.2, 0.25) is 0 Å². The third-order valence-electron chi connectivity index (χ3n) is 4.45. The molecule has 0 aliphatic heterocycles. The van der Waals surface area contributed by atoms with Crippen LogP contribution in [0.5, 0.6) is 0 Å². The van der Waals surface area contributed by atoms with Crippen LogP contribution in [-0.2, 0) is 19.6 Å². The number of anilines is 1. The van der Waals surface area contributed by atoms with E-state index in [4.69, 9.17) is 17.3 Å². The lowest BCUT2D eigenvalue weighted by Crippen LogP contribution is -2.50. The monoisotopic (exact) mass is 396 g/mol. The Morgan fingerprint density at radius 1 is 1.19 bits per heavy atom. The Hall–Kier alpha value is -1.93. The molecule has 0 saturated heterocycles. The average molecular weight is 397 g/mol. The average Bonchev–Trinajstić information content (AvgIpc) is 3.23. The van der Waals surface area contributed by atoms with Crippen LogP contribution in [0.1, 0.15) is 45.4 Å². The minimum absolute atomic E-state index is 0.542. The number of hydrogen-bond acceptors (Lipinski definition) is 4. The van der Waals surface area contributed by atoms with Crippen LogP contribution in [0.25, 0.3) is 0 Å². The molecular weight excluding hydrogens is 364 g/mol. The largest absolute Gasteiger partial charge is 0.421 e. The van der Waals surface area contributed by atoms with Crippen molar-refractivity contribution in [1.29, 1.82) is 0 Å². The fourth-order valence-electron chi connectivity index (χ4n) is 2.86. The van der Waals surface area contributed by atoms with Gasteiger partial charge in [0.15, 0.2) is 11.5 Å². The molecule has 2 rings (SSSR count). The van der Waals surface area contributed by atoms with E-state index < -0.39 is 0 Å². The number of quaternary nitrogens is 1. The highest BCUT2D eigenvalue weighted by Crippen LogP contribution is 2.23. The van der Waals surface area contributed by atoms with Crippen molar-refractivity contribution in [2.45, 2.75) is 65.1 Å². The molecule has 0 bridgehead atoms. The predicted octanol–water partition coefficient (Wildman–Crippen LogP) is 2.81. The lowest BCUT2D eigenvalue weighted by atomic mass is 10.2. The second-order valence-electron chi connectivity index (χ2n) is 6.63. The lowest BCUT2D eigenvalue weighted by molar-refractivity contribution is -0.683. The minimum Gasteiger partial charge on any atom is -0.382 e. The number of nitrogens with zero attached hydrogens (tertiary/aromatic N) is 6. The van der Waals surface area contributed by atoms with Crippen molar-refractivity contribution in [3.8, 4) is 0 Å². The van der Waals surface area contributed by atoms with Gasteiger partial charge in [-0.05, 0) is 12.8 Å². The predicted molar refractivity (Wildman–Crippen MR) is 107 cm³/mol. The number of unbranched alkanes of at least 4 members (excludes halogenated alkanes) is 3. The first kappa shape index (κ1) is 21.4. The first-order valence-electron chi connectivity index (χ1n) is 9.88. The highest BCUT2D eigenvalue weighted by atomic mass is 35.5. The summed E-state index contributed by atoms with van der Waals surface area (Å²) < 4.78 is 6.00. The quantitative estimate of drug-likeness (QED) is 0.235. The van der Waals surface area contributed by atoms with Crippen LogP contribution in [0.3, 0.4) is 0 Å². The Morgan fingerprint density at radius 3 is 2.78 bits per heavy atom. The second kappa shape index (κ2) is 11.7. The van der Waals surface area contributed by atoms with Gasteiger partial charge in [-0.15, -0.1) is 11.6 Å². The Bertz CT molecular complexity index is 706. The van der Waals surface area contributed by atoms with Crippen molar-refractivity contribution in [2.24, 2.45) is 10.2 Å². The molecule has 9 heteroatoms. The van der Waals surface area contributed by atoms with Gasteiger partial charge in [-0.25, -0.2) is 13.8 Å². The molecule has 2 aromatic rings. The third-order valence-corrected chi connectivity index (χ3v) is 4.72. The Kier molecular flexibility index (Phi) is 9.27. The number of azo groups is 1. The SMILES string of the molecule is CCCCCCn1cc[n+](CCCCl)c1N=Nc1cnn(CCC[NH3+])c1N. The molecular formula is C18H33ClN8+2. The number of aromatic nitrogens is 4.